The summed E-state index contributed by atoms with van der Waals surface area (Å²) in [6, 6.07) is 10.8. The van der Waals surface area contributed by atoms with E-state index in [2.05, 4.69) is 51.1 Å². The molecule has 78 valence electrons. The molecule has 0 heteroatoms. The Kier molecular flexibility index (Phi) is 4.72. The van der Waals surface area contributed by atoms with Crippen LogP contribution in [0.3, 0.4) is 0 Å². The van der Waals surface area contributed by atoms with Crippen molar-refractivity contribution in [2.24, 2.45) is 11.8 Å². The predicted octanol–water partition coefficient (Wildman–Crippen LogP) is 4.30. The Morgan fingerprint density at radius 3 is 2.21 bits per heavy atom. The molecule has 0 aromatic heterocycles. The maximum Gasteiger partial charge on any atom is -0.0248 e. The highest BCUT2D eigenvalue weighted by molar-refractivity contribution is 5.15. The van der Waals surface area contributed by atoms with E-state index in [1.165, 1.54) is 24.8 Å². The first-order valence-corrected chi connectivity index (χ1v) is 5.78. The SMILES string of the molecule is CCC[C@@H](Cc1ccccc1)C(C)C. The zero-order valence-corrected chi connectivity index (χ0v) is 9.66. The number of rotatable bonds is 5. The second-order valence-electron chi connectivity index (χ2n) is 4.48. The summed E-state index contributed by atoms with van der Waals surface area (Å²) >= 11 is 0. The lowest BCUT2D eigenvalue weighted by atomic mass is 9.86. The molecule has 0 nitrogen and oxygen atoms in total. The van der Waals surface area contributed by atoms with Gasteiger partial charge in [0.1, 0.15) is 0 Å². The van der Waals surface area contributed by atoms with E-state index in [0.717, 1.165) is 11.8 Å². The van der Waals surface area contributed by atoms with E-state index in [0.29, 0.717) is 0 Å². The third kappa shape index (κ3) is 3.53. The fourth-order valence-electron chi connectivity index (χ4n) is 1.96. The molecule has 1 aromatic carbocycles. The Balaban J connectivity index is 2.55. The number of hydrogen-bond acceptors (Lipinski definition) is 0. The van der Waals surface area contributed by atoms with Crippen molar-refractivity contribution < 1.29 is 0 Å². The highest BCUT2D eigenvalue weighted by Gasteiger charge is 2.12. The van der Waals surface area contributed by atoms with Crippen LogP contribution in [-0.2, 0) is 6.42 Å². The van der Waals surface area contributed by atoms with Gasteiger partial charge in [0.15, 0.2) is 0 Å². The molecule has 14 heavy (non-hydrogen) atoms. The fourth-order valence-corrected chi connectivity index (χ4v) is 1.96. The molecule has 0 aliphatic rings. The maximum absolute atomic E-state index is 2.34. The quantitative estimate of drug-likeness (QED) is 0.649. The maximum atomic E-state index is 2.34. The van der Waals surface area contributed by atoms with Crippen molar-refractivity contribution >= 4 is 0 Å². The molecule has 1 atom stereocenters. The average Bonchev–Trinajstić information content (AvgIpc) is 2.18. The standard InChI is InChI=1S/C14H22/c1-4-8-14(12(2)3)11-13-9-6-5-7-10-13/h5-7,9-10,12,14H,4,8,11H2,1-3H3/t14-/m0/s1. The van der Waals surface area contributed by atoms with E-state index in [4.69, 9.17) is 0 Å². The molecule has 0 radical (unpaired) electrons. The van der Waals surface area contributed by atoms with Gasteiger partial charge in [0.05, 0.1) is 0 Å². The first kappa shape index (κ1) is 11.3. The smallest absolute Gasteiger partial charge is 0.0248 e. The van der Waals surface area contributed by atoms with Gasteiger partial charge >= 0.3 is 0 Å². The molecule has 0 bridgehead atoms. The zero-order valence-electron chi connectivity index (χ0n) is 9.66. The minimum absolute atomic E-state index is 0.801. The molecule has 0 N–H and O–H groups in total. The predicted molar refractivity (Wildman–Crippen MR) is 63.4 cm³/mol. The monoisotopic (exact) mass is 190 g/mol. The van der Waals surface area contributed by atoms with E-state index >= 15 is 0 Å². The van der Waals surface area contributed by atoms with E-state index in [9.17, 15) is 0 Å². The Labute approximate surface area is 88.4 Å². The number of hydrogen-bond donors (Lipinski definition) is 0. The van der Waals surface area contributed by atoms with Crippen molar-refractivity contribution in [3.05, 3.63) is 35.9 Å². The van der Waals surface area contributed by atoms with Crippen LogP contribution in [0.4, 0.5) is 0 Å². The lowest BCUT2D eigenvalue weighted by Crippen LogP contribution is -2.11. The van der Waals surface area contributed by atoms with Crippen LogP contribution in [-0.4, -0.2) is 0 Å². The van der Waals surface area contributed by atoms with Crippen LogP contribution in [0.5, 0.6) is 0 Å². The van der Waals surface area contributed by atoms with Crippen LogP contribution in [0.1, 0.15) is 39.2 Å². The van der Waals surface area contributed by atoms with Gasteiger partial charge in [0.25, 0.3) is 0 Å². The van der Waals surface area contributed by atoms with E-state index < -0.39 is 0 Å². The molecule has 0 unspecified atom stereocenters. The summed E-state index contributed by atoms with van der Waals surface area (Å²) in [4.78, 5) is 0. The highest BCUT2D eigenvalue weighted by atomic mass is 14.2. The van der Waals surface area contributed by atoms with Crippen molar-refractivity contribution in [1.82, 2.24) is 0 Å². The van der Waals surface area contributed by atoms with E-state index in [1.54, 1.807) is 0 Å². The van der Waals surface area contributed by atoms with Crippen LogP contribution >= 0.6 is 0 Å². The Morgan fingerprint density at radius 1 is 1.07 bits per heavy atom. The van der Waals surface area contributed by atoms with Crippen LogP contribution in [0.2, 0.25) is 0 Å². The van der Waals surface area contributed by atoms with Gasteiger partial charge < -0.3 is 0 Å². The summed E-state index contributed by atoms with van der Waals surface area (Å²) in [5.74, 6) is 1.65. The molecule has 0 aliphatic heterocycles. The van der Waals surface area contributed by atoms with Crippen molar-refractivity contribution in [2.75, 3.05) is 0 Å². The lowest BCUT2D eigenvalue weighted by Gasteiger charge is -2.20. The molecule has 1 aromatic rings. The fraction of sp³-hybridized carbons (Fsp3) is 0.571. The van der Waals surface area contributed by atoms with Crippen molar-refractivity contribution in [1.29, 1.82) is 0 Å². The van der Waals surface area contributed by atoms with E-state index in [-0.39, 0.29) is 0 Å². The van der Waals surface area contributed by atoms with Crippen molar-refractivity contribution in [2.45, 2.75) is 40.0 Å². The van der Waals surface area contributed by atoms with E-state index in [1.807, 2.05) is 0 Å². The summed E-state index contributed by atoms with van der Waals surface area (Å²) in [7, 11) is 0. The van der Waals surface area contributed by atoms with Gasteiger partial charge in [-0.15, -0.1) is 0 Å². The second-order valence-corrected chi connectivity index (χ2v) is 4.48. The molecule has 0 saturated heterocycles. The zero-order chi connectivity index (χ0) is 10.4. The minimum atomic E-state index is 0.801. The van der Waals surface area contributed by atoms with Crippen LogP contribution in [0, 0.1) is 11.8 Å². The van der Waals surface area contributed by atoms with Crippen LogP contribution in [0.25, 0.3) is 0 Å². The molecule has 0 heterocycles. The number of benzene rings is 1. The van der Waals surface area contributed by atoms with Gasteiger partial charge in [-0.05, 0) is 23.8 Å². The van der Waals surface area contributed by atoms with Gasteiger partial charge in [-0.25, -0.2) is 0 Å². The molecular weight excluding hydrogens is 168 g/mol. The molecule has 0 amide bonds. The Hall–Kier alpha value is -0.780. The Morgan fingerprint density at radius 2 is 1.71 bits per heavy atom. The molecule has 1 rings (SSSR count). The van der Waals surface area contributed by atoms with Crippen LogP contribution < -0.4 is 0 Å². The van der Waals surface area contributed by atoms with Gasteiger partial charge in [0, 0.05) is 0 Å². The highest BCUT2D eigenvalue weighted by Crippen LogP contribution is 2.21. The molecule has 0 aliphatic carbocycles. The van der Waals surface area contributed by atoms with Gasteiger partial charge in [0.2, 0.25) is 0 Å². The lowest BCUT2D eigenvalue weighted by molar-refractivity contribution is 0.354. The Bertz CT molecular complexity index is 235. The summed E-state index contributed by atoms with van der Waals surface area (Å²) in [5.41, 5.74) is 1.49. The summed E-state index contributed by atoms with van der Waals surface area (Å²) in [5, 5.41) is 0. The first-order chi connectivity index (χ1) is 6.74. The van der Waals surface area contributed by atoms with Crippen molar-refractivity contribution in [3.8, 4) is 0 Å². The largest absolute Gasteiger partial charge is 0.0654 e. The molecule has 0 spiro atoms. The second kappa shape index (κ2) is 5.85. The van der Waals surface area contributed by atoms with Crippen LogP contribution in [0.15, 0.2) is 30.3 Å². The van der Waals surface area contributed by atoms with Gasteiger partial charge in [-0.2, -0.15) is 0 Å². The van der Waals surface area contributed by atoms with Crippen molar-refractivity contribution in [3.63, 3.8) is 0 Å². The average molecular weight is 190 g/mol. The normalized spacial score (nSPS) is 13.1. The summed E-state index contributed by atoms with van der Waals surface area (Å²) in [6.45, 7) is 6.95. The molecular formula is C14H22. The minimum Gasteiger partial charge on any atom is -0.0654 e. The molecule has 0 fully saturated rings. The third-order valence-electron chi connectivity index (χ3n) is 2.94. The summed E-state index contributed by atoms with van der Waals surface area (Å²) in [6.07, 6.45) is 3.90. The molecule has 0 saturated carbocycles. The third-order valence-corrected chi connectivity index (χ3v) is 2.94. The van der Waals surface area contributed by atoms with Gasteiger partial charge in [-0.1, -0.05) is 63.9 Å². The summed E-state index contributed by atoms with van der Waals surface area (Å²) < 4.78 is 0. The van der Waals surface area contributed by atoms with Gasteiger partial charge in [-0.3, -0.25) is 0 Å². The first-order valence-electron chi connectivity index (χ1n) is 5.78. The topological polar surface area (TPSA) is 0 Å².